The Hall–Kier alpha value is -3.10. The van der Waals surface area contributed by atoms with Gasteiger partial charge in [0.25, 0.3) is 0 Å². The molecule has 0 saturated carbocycles. The van der Waals surface area contributed by atoms with Crippen molar-refractivity contribution in [3.63, 3.8) is 0 Å². The lowest BCUT2D eigenvalue weighted by atomic mass is 9.95. The van der Waals surface area contributed by atoms with Gasteiger partial charge < -0.3 is 19.5 Å². The first-order chi connectivity index (χ1) is 12.1. The van der Waals surface area contributed by atoms with E-state index >= 15 is 0 Å². The Morgan fingerprint density at radius 1 is 1.28 bits per heavy atom. The molecule has 132 valence electrons. The van der Waals surface area contributed by atoms with Gasteiger partial charge in [-0.05, 0) is 42.0 Å². The molecule has 0 radical (unpaired) electrons. The number of esters is 1. The van der Waals surface area contributed by atoms with Gasteiger partial charge in [-0.15, -0.1) is 0 Å². The highest BCUT2D eigenvalue weighted by atomic mass is 16.5. The summed E-state index contributed by atoms with van der Waals surface area (Å²) in [6, 6.07) is 4.88. The first kappa shape index (κ1) is 16.7. The van der Waals surface area contributed by atoms with Crippen molar-refractivity contribution >= 4 is 11.9 Å². The van der Waals surface area contributed by atoms with E-state index in [1.807, 2.05) is 6.07 Å². The molecule has 9 heteroatoms. The Morgan fingerprint density at radius 3 is 2.72 bits per heavy atom. The molecule has 0 fully saturated rings. The van der Waals surface area contributed by atoms with Crippen LogP contribution in [0.4, 0.5) is 5.95 Å². The second kappa shape index (κ2) is 6.80. The molecule has 0 bridgehead atoms. The maximum atomic E-state index is 12.5. The van der Waals surface area contributed by atoms with E-state index in [2.05, 4.69) is 20.8 Å². The number of carbonyl (C=O) groups excluding carboxylic acids is 1. The van der Waals surface area contributed by atoms with Crippen LogP contribution in [0.1, 0.15) is 25.5 Å². The third-order valence-corrected chi connectivity index (χ3v) is 3.93. The predicted octanol–water partition coefficient (Wildman–Crippen LogP) is 1.54. The van der Waals surface area contributed by atoms with Crippen molar-refractivity contribution in [1.29, 1.82) is 0 Å². The number of carbonyl (C=O) groups is 1. The van der Waals surface area contributed by atoms with E-state index < -0.39 is 12.0 Å². The van der Waals surface area contributed by atoms with Crippen LogP contribution in [0.3, 0.4) is 0 Å². The molecule has 1 aliphatic heterocycles. The summed E-state index contributed by atoms with van der Waals surface area (Å²) in [5.41, 5.74) is 1.85. The number of hydrogen-bond acceptors (Lipinski definition) is 8. The summed E-state index contributed by atoms with van der Waals surface area (Å²) in [4.78, 5) is 12.5. The lowest BCUT2D eigenvalue weighted by Crippen LogP contribution is -2.29. The predicted molar refractivity (Wildman–Crippen MR) is 88.5 cm³/mol. The molecule has 9 nitrogen and oxygen atoms in total. The third-order valence-electron chi connectivity index (χ3n) is 3.93. The molecule has 0 spiro atoms. The summed E-state index contributed by atoms with van der Waals surface area (Å²) in [7, 11) is 3.12. The fourth-order valence-corrected chi connectivity index (χ4v) is 2.82. The van der Waals surface area contributed by atoms with Crippen LogP contribution in [-0.4, -0.2) is 47.0 Å². The molecule has 0 aliphatic carbocycles. The van der Waals surface area contributed by atoms with E-state index in [1.165, 1.54) is 0 Å². The van der Waals surface area contributed by atoms with Crippen LogP contribution in [0, 0.1) is 0 Å². The van der Waals surface area contributed by atoms with Crippen LogP contribution in [0.5, 0.6) is 11.5 Å². The zero-order chi connectivity index (χ0) is 18.0. The molecule has 1 atom stereocenters. The number of fused-ring (bicyclic) bond motifs is 1. The van der Waals surface area contributed by atoms with Crippen molar-refractivity contribution in [2.24, 2.45) is 0 Å². The highest BCUT2D eigenvalue weighted by molar-refractivity contribution is 5.92. The molecule has 0 amide bonds. The highest BCUT2D eigenvalue weighted by Crippen LogP contribution is 2.38. The molecule has 2 heterocycles. The lowest BCUT2D eigenvalue weighted by molar-refractivity contribution is -0.139. The normalized spacial score (nSPS) is 16.1. The molecule has 1 aliphatic rings. The zero-order valence-electron chi connectivity index (χ0n) is 14.4. The molecule has 0 saturated heterocycles. The largest absolute Gasteiger partial charge is 0.493 e. The van der Waals surface area contributed by atoms with Crippen molar-refractivity contribution < 1.29 is 19.0 Å². The number of ether oxygens (including phenoxy) is 3. The standard InChI is InChI=1S/C16H19N5O4/c1-5-25-15(22)13-9(2)17-16-18-19-20-21(16)14(13)10-6-7-11(23-3)12(8-10)24-4/h6-8,14H,5H2,1-4H3,(H,17,18,20). The molecular weight excluding hydrogens is 326 g/mol. The van der Waals surface area contributed by atoms with Gasteiger partial charge in [-0.2, -0.15) is 4.68 Å². The van der Waals surface area contributed by atoms with E-state index in [4.69, 9.17) is 14.2 Å². The Kier molecular flexibility index (Phi) is 4.55. The highest BCUT2D eigenvalue weighted by Gasteiger charge is 2.35. The monoisotopic (exact) mass is 345 g/mol. The molecular formula is C16H19N5O4. The van der Waals surface area contributed by atoms with Gasteiger partial charge in [0.2, 0.25) is 5.95 Å². The number of tetrazole rings is 1. The number of nitrogens with one attached hydrogen (secondary N) is 1. The number of aromatic nitrogens is 4. The first-order valence-corrected chi connectivity index (χ1v) is 7.75. The second-order valence-electron chi connectivity index (χ2n) is 5.35. The summed E-state index contributed by atoms with van der Waals surface area (Å²) in [5, 5.41) is 14.7. The van der Waals surface area contributed by atoms with E-state index in [-0.39, 0.29) is 6.61 Å². The van der Waals surface area contributed by atoms with Gasteiger partial charge in [-0.25, -0.2) is 4.79 Å². The number of benzene rings is 1. The van der Waals surface area contributed by atoms with Crippen molar-refractivity contribution in [2.45, 2.75) is 19.9 Å². The fraction of sp³-hybridized carbons (Fsp3) is 0.375. The van der Waals surface area contributed by atoms with Crippen LogP contribution in [0.25, 0.3) is 0 Å². The topological polar surface area (TPSA) is 100 Å². The summed E-state index contributed by atoms with van der Waals surface area (Å²) >= 11 is 0. The van der Waals surface area contributed by atoms with Gasteiger partial charge in [0.15, 0.2) is 11.5 Å². The quantitative estimate of drug-likeness (QED) is 0.815. The molecule has 25 heavy (non-hydrogen) atoms. The Bertz CT molecular complexity index is 830. The molecule has 1 unspecified atom stereocenters. The average molecular weight is 345 g/mol. The SMILES string of the molecule is CCOC(=O)C1=C(C)Nc2nnnn2C1c1ccc(OC)c(OC)c1. The number of nitrogens with zero attached hydrogens (tertiary/aromatic N) is 4. The Labute approximate surface area is 144 Å². The van der Waals surface area contributed by atoms with Crippen LogP contribution in [-0.2, 0) is 9.53 Å². The maximum absolute atomic E-state index is 12.5. The van der Waals surface area contributed by atoms with Crippen molar-refractivity contribution in [3.8, 4) is 11.5 Å². The van der Waals surface area contributed by atoms with E-state index in [1.54, 1.807) is 44.9 Å². The van der Waals surface area contributed by atoms with Crippen molar-refractivity contribution in [1.82, 2.24) is 20.2 Å². The van der Waals surface area contributed by atoms with Gasteiger partial charge in [-0.1, -0.05) is 11.2 Å². The maximum Gasteiger partial charge on any atom is 0.338 e. The van der Waals surface area contributed by atoms with Gasteiger partial charge in [0.05, 0.1) is 26.4 Å². The number of rotatable bonds is 5. The minimum atomic E-state index is -0.537. The zero-order valence-corrected chi connectivity index (χ0v) is 14.4. The molecule has 3 rings (SSSR count). The van der Waals surface area contributed by atoms with Gasteiger partial charge in [0.1, 0.15) is 6.04 Å². The third kappa shape index (κ3) is 2.88. The second-order valence-corrected chi connectivity index (χ2v) is 5.35. The number of allylic oxidation sites excluding steroid dienone is 1. The van der Waals surface area contributed by atoms with Crippen LogP contribution < -0.4 is 14.8 Å². The average Bonchev–Trinajstić information content (AvgIpc) is 3.07. The van der Waals surface area contributed by atoms with E-state index in [0.717, 1.165) is 5.56 Å². The van der Waals surface area contributed by atoms with Crippen molar-refractivity contribution in [3.05, 3.63) is 35.0 Å². The van der Waals surface area contributed by atoms with E-state index in [0.29, 0.717) is 28.7 Å². The summed E-state index contributed by atoms with van der Waals surface area (Å²) in [6.07, 6.45) is 0. The Balaban J connectivity index is 2.15. The summed E-state index contributed by atoms with van der Waals surface area (Å²) < 4.78 is 17.4. The van der Waals surface area contributed by atoms with Gasteiger partial charge in [0, 0.05) is 5.70 Å². The minimum absolute atomic E-state index is 0.275. The van der Waals surface area contributed by atoms with E-state index in [9.17, 15) is 4.79 Å². The summed E-state index contributed by atoms with van der Waals surface area (Å²) in [5.74, 6) is 1.17. The number of methoxy groups -OCH3 is 2. The molecule has 1 aromatic carbocycles. The minimum Gasteiger partial charge on any atom is -0.493 e. The van der Waals surface area contributed by atoms with Gasteiger partial charge in [-0.3, -0.25) is 0 Å². The number of hydrogen-bond donors (Lipinski definition) is 1. The number of anilines is 1. The van der Waals surface area contributed by atoms with Crippen molar-refractivity contribution in [2.75, 3.05) is 26.1 Å². The fourth-order valence-electron chi connectivity index (χ4n) is 2.82. The van der Waals surface area contributed by atoms with Crippen LogP contribution in [0.2, 0.25) is 0 Å². The molecule has 2 aromatic rings. The first-order valence-electron chi connectivity index (χ1n) is 7.75. The Morgan fingerprint density at radius 2 is 2.04 bits per heavy atom. The molecule has 1 N–H and O–H groups in total. The lowest BCUT2D eigenvalue weighted by Gasteiger charge is -2.27. The molecule has 1 aromatic heterocycles. The van der Waals surface area contributed by atoms with Crippen LogP contribution in [0.15, 0.2) is 29.5 Å². The summed E-state index contributed by atoms with van der Waals surface area (Å²) in [6.45, 7) is 3.83. The van der Waals surface area contributed by atoms with Crippen LogP contribution >= 0.6 is 0 Å². The smallest absolute Gasteiger partial charge is 0.338 e. The van der Waals surface area contributed by atoms with Gasteiger partial charge >= 0.3 is 5.97 Å².